The van der Waals surface area contributed by atoms with Crippen molar-refractivity contribution >= 4 is 11.5 Å². The number of ether oxygens (including phenoxy) is 7. The zero-order valence-electron chi connectivity index (χ0n) is 28.8. The average molecular weight is 716 g/mol. The largest absolute Gasteiger partial charge is 0.474 e. The Bertz CT molecular complexity index is 1560. The highest BCUT2D eigenvalue weighted by Crippen LogP contribution is 2.34. The van der Waals surface area contributed by atoms with Crippen LogP contribution >= 0.6 is 0 Å². The van der Waals surface area contributed by atoms with Crippen molar-refractivity contribution in [2.45, 2.75) is 19.5 Å². The van der Waals surface area contributed by atoms with Crippen LogP contribution in [0, 0.1) is 19.3 Å². The van der Waals surface area contributed by atoms with E-state index in [0.717, 1.165) is 28.9 Å². The van der Waals surface area contributed by atoms with Crippen molar-refractivity contribution in [3.63, 3.8) is 0 Å². The summed E-state index contributed by atoms with van der Waals surface area (Å²) in [6.45, 7) is 8.69. The Hall–Kier alpha value is -4.10. The average Bonchev–Trinajstić information content (AvgIpc) is 3.14. The summed E-state index contributed by atoms with van der Waals surface area (Å²) in [5, 5.41) is 0. The summed E-state index contributed by atoms with van der Waals surface area (Å²) >= 11 is 0. The number of morpholine rings is 1. The standard InChI is InChI=1S/C37H44F3N3O8/c1-3-9-45-12-13-47-14-15-48-16-17-49-18-19-50-20-21-51-36-34(43-7-10-46-11-8-43)25-31(27-42-36)33-22-29(26-41-28(33)2)23-35(44)30-5-4-6-32(24-30)37(38,39)40/h1,4-6,22,24-27H,7-21,23H2,2H3. The Kier molecular flexibility index (Phi) is 16.6. The number of anilines is 1. The molecule has 1 saturated heterocycles. The lowest BCUT2D eigenvalue weighted by Gasteiger charge is -2.30. The van der Waals surface area contributed by atoms with Crippen LogP contribution in [0.5, 0.6) is 5.88 Å². The second-order valence-electron chi connectivity index (χ2n) is 11.4. The van der Waals surface area contributed by atoms with Gasteiger partial charge >= 0.3 is 6.18 Å². The van der Waals surface area contributed by atoms with E-state index < -0.39 is 17.5 Å². The maximum absolute atomic E-state index is 13.2. The van der Waals surface area contributed by atoms with E-state index in [1.165, 1.54) is 12.1 Å². The van der Waals surface area contributed by atoms with Gasteiger partial charge in [0.2, 0.25) is 5.88 Å². The van der Waals surface area contributed by atoms with Crippen LogP contribution < -0.4 is 9.64 Å². The molecule has 0 atom stereocenters. The Labute approximate surface area is 296 Å². The molecular weight excluding hydrogens is 671 g/mol. The number of carbonyl (C=O) groups excluding carboxylic acids is 1. The van der Waals surface area contributed by atoms with Crippen molar-refractivity contribution < 1.29 is 51.1 Å². The van der Waals surface area contributed by atoms with E-state index in [0.29, 0.717) is 103 Å². The molecule has 0 aliphatic carbocycles. The van der Waals surface area contributed by atoms with Crippen LogP contribution in [-0.2, 0) is 41.0 Å². The second-order valence-corrected chi connectivity index (χ2v) is 11.4. The van der Waals surface area contributed by atoms with Gasteiger partial charge in [-0.05, 0) is 36.8 Å². The van der Waals surface area contributed by atoms with E-state index in [9.17, 15) is 18.0 Å². The molecule has 1 fully saturated rings. The van der Waals surface area contributed by atoms with Crippen molar-refractivity contribution in [2.75, 3.05) is 104 Å². The minimum Gasteiger partial charge on any atom is -0.474 e. The third-order valence-corrected chi connectivity index (χ3v) is 7.65. The molecule has 0 radical (unpaired) electrons. The number of pyridine rings is 2. The molecule has 0 spiro atoms. The highest BCUT2D eigenvalue weighted by Gasteiger charge is 2.31. The molecule has 0 amide bonds. The molecule has 1 aromatic carbocycles. The maximum atomic E-state index is 13.2. The first-order chi connectivity index (χ1) is 24.8. The molecule has 1 aliphatic rings. The monoisotopic (exact) mass is 715 g/mol. The smallest absolute Gasteiger partial charge is 0.416 e. The molecule has 276 valence electrons. The Morgan fingerprint density at radius 1 is 0.863 bits per heavy atom. The highest BCUT2D eigenvalue weighted by molar-refractivity contribution is 5.97. The van der Waals surface area contributed by atoms with E-state index in [4.69, 9.17) is 39.6 Å². The molecule has 3 heterocycles. The Morgan fingerprint density at radius 2 is 1.49 bits per heavy atom. The predicted molar refractivity (Wildman–Crippen MR) is 183 cm³/mol. The van der Waals surface area contributed by atoms with Gasteiger partial charge in [0.15, 0.2) is 5.78 Å². The van der Waals surface area contributed by atoms with Gasteiger partial charge in [-0.25, -0.2) is 4.98 Å². The number of nitrogens with zero attached hydrogens (tertiary/aromatic N) is 3. The quantitative estimate of drug-likeness (QED) is 0.0811. The van der Waals surface area contributed by atoms with Gasteiger partial charge in [0, 0.05) is 54.3 Å². The molecule has 51 heavy (non-hydrogen) atoms. The fraction of sp³-hybridized carbons (Fsp3) is 0.486. The number of aryl methyl sites for hydroxylation is 1. The zero-order valence-corrected chi connectivity index (χ0v) is 28.8. The fourth-order valence-electron chi connectivity index (χ4n) is 5.06. The van der Waals surface area contributed by atoms with Crippen LogP contribution in [0.15, 0.2) is 48.8 Å². The van der Waals surface area contributed by atoms with E-state index in [1.807, 2.05) is 19.1 Å². The maximum Gasteiger partial charge on any atom is 0.416 e. The number of terminal acetylenes is 1. The first-order valence-electron chi connectivity index (χ1n) is 16.7. The molecule has 0 saturated carbocycles. The number of aromatic nitrogens is 2. The van der Waals surface area contributed by atoms with Crippen LogP contribution in [0.1, 0.15) is 27.2 Å². The number of halogens is 3. The molecule has 0 N–H and O–H groups in total. The number of alkyl halides is 3. The summed E-state index contributed by atoms with van der Waals surface area (Å²) in [4.78, 5) is 24.2. The highest BCUT2D eigenvalue weighted by atomic mass is 19.4. The lowest BCUT2D eigenvalue weighted by atomic mass is 9.98. The van der Waals surface area contributed by atoms with Crippen LogP contribution in [0.3, 0.4) is 0 Å². The van der Waals surface area contributed by atoms with Crippen LogP contribution in [0.2, 0.25) is 0 Å². The minimum atomic E-state index is -4.54. The van der Waals surface area contributed by atoms with Gasteiger partial charge < -0.3 is 38.1 Å². The number of hydrogen-bond donors (Lipinski definition) is 0. The zero-order chi connectivity index (χ0) is 36.3. The van der Waals surface area contributed by atoms with E-state index >= 15 is 0 Å². The SMILES string of the molecule is C#CCOCCOCCOCCOCCOCCOc1ncc(-c2cc(CC(=O)c3cccc(C(F)(F)F)c3)cnc2C)cc1N1CCOCC1. The molecule has 4 rings (SSSR count). The van der Waals surface area contributed by atoms with Crippen LogP contribution in [0.25, 0.3) is 11.1 Å². The second kappa shape index (κ2) is 21.3. The van der Waals surface area contributed by atoms with Crippen molar-refractivity contribution in [1.29, 1.82) is 0 Å². The number of benzene rings is 1. The summed E-state index contributed by atoms with van der Waals surface area (Å²) in [6, 6.07) is 8.23. The molecule has 3 aromatic rings. The lowest BCUT2D eigenvalue weighted by Crippen LogP contribution is -2.36. The topological polar surface area (TPSA) is 111 Å². The lowest BCUT2D eigenvalue weighted by molar-refractivity contribution is -0.137. The summed E-state index contributed by atoms with van der Waals surface area (Å²) in [7, 11) is 0. The summed E-state index contributed by atoms with van der Waals surface area (Å²) < 4.78 is 78.3. The van der Waals surface area contributed by atoms with Crippen molar-refractivity contribution in [3.05, 3.63) is 71.2 Å². The molecular formula is C37H44F3N3O8. The number of carbonyl (C=O) groups is 1. The van der Waals surface area contributed by atoms with Gasteiger partial charge in [0.1, 0.15) is 18.9 Å². The molecule has 2 aromatic heterocycles. The summed E-state index contributed by atoms with van der Waals surface area (Å²) in [5.41, 5.74) is 2.71. The summed E-state index contributed by atoms with van der Waals surface area (Å²) in [5.74, 6) is 2.40. The first-order valence-corrected chi connectivity index (χ1v) is 16.7. The van der Waals surface area contributed by atoms with Crippen molar-refractivity contribution in [2.24, 2.45) is 0 Å². The Morgan fingerprint density at radius 3 is 2.12 bits per heavy atom. The molecule has 0 unspecified atom stereocenters. The van der Waals surface area contributed by atoms with Crippen LogP contribution in [-0.4, -0.2) is 115 Å². The third kappa shape index (κ3) is 13.5. The normalized spacial score (nSPS) is 13.3. The van der Waals surface area contributed by atoms with Crippen molar-refractivity contribution in [3.8, 4) is 29.4 Å². The van der Waals surface area contributed by atoms with Gasteiger partial charge in [-0.15, -0.1) is 6.42 Å². The number of hydrogen-bond acceptors (Lipinski definition) is 11. The predicted octanol–water partition coefficient (Wildman–Crippen LogP) is 4.83. The van der Waals surface area contributed by atoms with Gasteiger partial charge in [-0.3, -0.25) is 9.78 Å². The fourth-order valence-corrected chi connectivity index (χ4v) is 5.06. The van der Waals surface area contributed by atoms with Gasteiger partial charge in [-0.2, -0.15) is 13.2 Å². The summed E-state index contributed by atoms with van der Waals surface area (Å²) in [6.07, 6.45) is 3.71. The van der Waals surface area contributed by atoms with E-state index in [2.05, 4.69) is 20.8 Å². The first kappa shape index (κ1) is 39.7. The minimum absolute atomic E-state index is 0.0102. The van der Waals surface area contributed by atoms with Crippen LogP contribution in [0.4, 0.5) is 18.9 Å². The van der Waals surface area contributed by atoms with Gasteiger partial charge in [0.05, 0.1) is 78.2 Å². The Balaban J connectivity index is 1.26. The number of rotatable bonds is 22. The molecule has 14 heteroatoms. The third-order valence-electron chi connectivity index (χ3n) is 7.65. The van der Waals surface area contributed by atoms with E-state index in [1.54, 1.807) is 12.4 Å². The van der Waals surface area contributed by atoms with Gasteiger partial charge in [0.25, 0.3) is 0 Å². The molecule has 1 aliphatic heterocycles. The molecule has 0 bridgehead atoms. The number of Topliss-reactive ketones (excluding diaryl/α,β-unsaturated/α-hetero) is 1. The molecule has 11 nitrogen and oxygen atoms in total. The van der Waals surface area contributed by atoms with Gasteiger partial charge in [-0.1, -0.05) is 18.1 Å². The van der Waals surface area contributed by atoms with Crippen molar-refractivity contribution in [1.82, 2.24) is 9.97 Å². The van der Waals surface area contributed by atoms with E-state index in [-0.39, 0.29) is 25.2 Å². The number of ketones is 1.